The number of nitriles is 1. The Morgan fingerprint density at radius 2 is 1.77 bits per heavy atom. The van der Waals surface area contributed by atoms with Crippen molar-refractivity contribution in [2.75, 3.05) is 0 Å². The molecule has 0 aliphatic heterocycles. The van der Waals surface area contributed by atoms with E-state index in [1.807, 2.05) is 6.07 Å². The molecule has 5 heteroatoms. The van der Waals surface area contributed by atoms with Gasteiger partial charge in [-0.25, -0.2) is 0 Å². The van der Waals surface area contributed by atoms with Gasteiger partial charge in [-0.05, 0) is 60.7 Å². The predicted molar refractivity (Wildman–Crippen MR) is 74.7 cm³/mol. The summed E-state index contributed by atoms with van der Waals surface area (Å²) in [4.78, 5) is 0. The van der Waals surface area contributed by atoms with Crippen LogP contribution >= 0.6 is 0 Å². The first kappa shape index (κ1) is 14.5. The molecule has 0 N–H and O–H groups in total. The number of hydrogen-bond acceptors (Lipinski definition) is 2. The standard InChI is InChI=1S/C17H12F3NO/c18-17(19,20)15-8-11(10-21)4-7-16(15)22-14-6-5-12-2-1-3-13(12)9-14/h4-9H,1-3H2. The first-order valence-corrected chi connectivity index (χ1v) is 6.88. The van der Waals surface area contributed by atoms with E-state index in [2.05, 4.69) is 0 Å². The van der Waals surface area contributed by atoms with E-state index in [1.54, 1.807) is 18.2 Å². The summed E-state index contributed by atoms with van der Waals surface area (Å²) in [5, 5.41) is 8.76. The molecule has 2 aromatic rings. The number of rotatable bonds is 2. The van der Waals surface area contributed by atoms with Gasteiger partial charge in [0.2, 0.25) is 0 Å². The number of benzene rings is 2. The van der Waals surface area contributed by atoms with Crippen LogP contribution in [0.1, 0.15) is 28.7 Å². The molecule has 0 saturated heterocycles. The number of fused-ring (bicyclic) bond motifs is 1. The van der Waals surface area contributed by atoms with Crippen molar-refractivity contribution in [1.29, 1.82) is 5.26 Å². The molecule has 2 nitrogen and oxygen atoms in total. The van der Waals surface area contributed by atoms with Crippen LogP contribution in [0.4, 0.5) is 13.2 Å². The van der Waals surface area contributed by atoms with E-state index in [-0.39, 0.29) is 11.3 Å². The molecule has 1 aliphatic rings. The summed E-state index contributed by atoms with van der Waals surface area (Å²) in [7, 11) is 0. The number of aryl methyl sites for hydroxylation is 2. The Balaban J connectivity index is 1.97. The summed E-state index contributed by atoms with van der Waals surface area (Å²) in [5.41, 5.74) is 1.36. The Morgan fingerprint density at radius 1 is 1.00 bits per heavy atom. The Kier molecular flexibility index (Phi) is 3.53. The molecular formula is C17H12F3NO. The van der Waals surface area contributed by atoms with Crippen molar-refractivity contribution in [3.63, 3.8) is 0 Å². The molecule has 22 heavy (non-hydrogen) atoms. The fourth-order valence-corrected chi connectivity index (χ4v) is 2.65. The van der Waals surface area contributed by atoms with Crippen LogP contribution in [-0.2, 0) is 19.0 Å². The molecular weight excluding hydrogens is 291 g/mol. The van der Waals surface area contributed by atoms with Crippen molar-refractivity contribution in [3.8, 4) is 17.6 Å². The fraction of sp³-hybridized carbons (Fsp3) is 0.235. The highest BCUT2D eigenvalue weighted by Crippen LogP contribution is 2.39. The summed E-state index contributed by atoms with van der Waals surface area (Å²) >= 11 is 0. The second kappa shape index (κ2) is 5.38. The third-order valence-corrected chi connectivity index (χ3v) is 3.71. The van der Waals surface area contributed by atoms with Gasteiger partial charge >= 0.3 is 6.18 Å². The van der Waals surface area contributed by atoms with Gasteiger partial charge in [0.05, 0.1) is 17.2 Å². The zero-order valence-corrected chi connectivity index (χ0v) is 11.6. The van der Waals surface area contributed by atoms with Gasteiger partial charge in [0.1, 0.15) is 11.5 Å². The topological polar surface area (TPSA) is 33.0 Å². The van der Waals surface area contributed by atoms with Gasteiger partial charge in [-0.15, -0.1) is 0 Å². The molecule has 0 saturated carbocycles. The zero-order chi connectivity index (χ0) is 15.7. The Morgan fingerprint density at radius 3 is 2.50 bits per heavy atom. The zero-order valence-electron chi connectivity index (χ0n) is 11.6. The maximum absolute atomic E-state index is 13.1. The minimum atomic E-state index is -4.57. The van der Waals surface area contributed by atoms with E-state index in [0.29, 0.717) is 5.75 Å². The molecule has 0 radical (unpaired) electrons. The molecule has 0 heterocycles. The monoisotopic (exact) mass is 303 g/mol. The van der Waals surface area contributed by atoms with Crippen molar-refractivity contribution in [2.24, 2.45) is 0 Å². The van der Waals surface area contributed by atoms with Crippen LogP contribution in [0.25, 0.3) is 0 Å². The molecule has 112 valence electrons. The van der Waals surface area contributed by atoms with E-state index in [0.717, 1.165) is 30.9 Å². The molecule has 0 spiro atoms. The van der Waals surface area contributed by atoms with Gasteiger partial charge in [0.15, 0.2) is 0 Å². The highest BCUT2D eigenvalue weighted by Gasteiger charge is 2.35. The number of halogens is 3. The number of nitrogens with zero attached hydrogens (tertiary/aromatic N) is 1. The van der Waals surface area contributed by atoms with Crippen LogP contribution in [0, 0.1) is 11.3 Å². The van der Waals surface area contributed by atoms with Gasteiger partial charge in [0.25, 0.3) is 0 Å². The maximum Gasteiger partial charge on any atom is 0.420 e. The third-order valence-electron chi connectivity index (χ3n) is 3.71. The first-order valence-electron chi connectivity index (χ1n) is 6.88. The quantitative estimate of drug-likeness (QED) is 0.794. The van der Waals surface area contributed by atoms with E-state index in [1.165, 1.54) is 17.7 Å². The van der Waals surface area contributed by atoms with E-state index >= 15 is 0 Å². The van der Waals surface area contributed by atoms with Gasteiger partial charge < -0.3 is 4.74 Å². The van der Waals surface area contributed by atoms with Crippen LogP contribution in [0.3, 0.4) is 0 Å². The highest BCUT2D eigenvalue weighted by atomic mass is 19.4. The second-order valence-corrected chi connectivity index (χ2v) is 5.21. The molecule has 2 aromatic carbocycles. The summed E-state index contributed by atoms with van der Waals surface area (Å²) in [5.74, 6) is 0.0975. The Hall–Kier alpha value is -2.48. The first-order chi connectivity index (χ1) is 10.5. The largest absolute Gasteiger partial charge is 0.457 e. The van der Waals surface area contributed by atoms with Gasteiger partial charge in [-0.3, -0.25) is 0 Å². The number of alkyl halides is 3. The molecule has 0 fully saturated rings. The average Bonchev–Trinajstić information content (AvgIpc) is 2.94. The highest BCUT2D eigenvalue weighted by molar-refractivity contribution is 5.47. The lowest BCUT2D eigenvalue weighted by molar-refractivity contribution is -0.138. The summed E-state index contributed by atoms with van der Waals surface area (Å²) < 4.78 is 44.7. The molecule has 0 unspecified atom stereocenters. The van der Waals surface area contributed by atoms with Crippen LogP contribution < -0.4 is 4.74 Å². The fourth-order valence-electron chi connectivity index (χ4n) is 2.65. The molecule has 0 atom stereocenters. The molecule has 0 bridgehead atoms. The lowest BCUT2D eigenvalue weighted by Crippen LogP contribution is -2.07. The van der Waals surface area contributed by atoms with Crippen LogP contribution in [0.15, 0.2) is 36.4 Å². The van der Waals surface area contributed by atoms with Gasteiger partial charge in [-0.2, -0.15) is 18.4 Å². The predicted octanol–water partition coefficient (Wildman–Crippen LogP) is 4.86. The molecule has 1 aliphatic carbocycles. The van der Waals surface area contributed by atoms with Crippen LogP contribution in [-0.4, -0.2) is 0 Å². The van der Waals surface area contributed by atoms with E-state index in [9.17, 15) is 13.2 Å². The lowest BCUT2D eigenvalue weighted by Gasteiger charge is -2.14. The average molecular weight is 303 g/mol. The summed E-state index contributed by atoms with van der Waals surface area (Å²) in [6, 6.07) is 10.4. The minimum absolute atomic E-state index is 0.0476. The summed E-state index contributed by atoms with van der Waals surface area (Å²) in [6.07, 6.45) is -1.59. The van der Waals surface area contributed by atoms with Crippen molar-refractivity contribution < 1.29 is 17.9 Å². The van der Waals surface area contributed by atoms with Crippen LogP contribution in [0.2, 0.25) is 0 Å². The molecule has 0 amide bonds. The number of ether oxygens (including phenoxy) is 1. The lowest BCUT2D eigenvalue weighted by atomic mass is 10.1. The second-order valence-electron chi connectivity index (χ2n) is 5.21. The van der Waals surface area contributed by atoms with Crippen molar-refractivity contribution >= 4 is 0 Å². The van der Waals surface area contributed by atoms with Crippen molar-refractivity contribution in [1.82, 2.24) is 0 Å². The Labute approximate surface area is 125 Å². The van der Waals surface area contributed by atoms with Crippen molar-refractivity contribution in [2.45, 2.75) is 25.4 Å². The maximum atomic E-state index is 13.1. The third kappa shape index (κ3) is 2.77. The van der Waals surface area contributed by atoms with Gasteiger partial charge in [0, 0.05) is 0 Å². The minimum Gasteiger partial charge on any atom is -0.457 e. The summed E-state index contributed by atoms with van der Waals surface area (Å²) in [6.45, 7) is 0. The van der Waals surface area contributed by atoms with Gasteiger partial charge in [-0.1, -0.05) is 6.07 Å². The number of hydrogen-bond donors (Lipinski definition) is 0. The molecule has 3 rings (SSSR count). The molecule has 0 aromatic heterocycles. The normalized spacial score (nSPS) is 13.5. The van der Waals surface area contributed by atoms with Crippen LogP contribution in [0.5, 0.6) is 11.5 Å². The Bertz CT molecular complexity index is 759. The SMILES string of the molecule is N#Cc1ccc(Oc2ccc3c(c2)CCC3)c(C(F)(F)F)c1. The smallest absolute Gasteiger partial charge is 0.420 e. The van der Waals surface area contributed by atoms with E-state index in [4.69, 9.17) is 10.00 Å². The van der Waals surface area contributed by atoms with Crippen molar-refractivity contribution in [3.05, 3.63) is 58.7 Å². The van der Waals surface area contributed by atoms with E-state index < -0.39 is 11.7 Å².